The zero-order valence-electron chi connectivity index (χ0n) is 11.5. The normalized spacial score (nSPS) is 26.9. The summed E-state index contributed by atoms with van der Waals surface area (Å²) < 4.78 is 5.43. The molecule has 0 aromatic rings. The number of carbonyl (C=O) groups excluding carboxylic acids is 1. The lowest BCUT2D eigenvalue weighted by atomic mass is 9.84. The van der Waals surface area contributed by atoms with E-state index < -0.39 is 0 Å². The average Bonchev–Trinajstić information content (AvgIpc) is 2.62. The summed E-state index contributed by atoms with van der Waals surface area (Å²) in [6.45, 7) is 9.53. The van der Waals surface area contributed by atoms with E-state index in [2.05, 4.69) is 26.1 Å². The number of nitrogens with one attached hydrogen (secondary N) is 1. The van der Waals surface area contributed by atoms with Crippen molar-refractivity contribution in [2.24, 2.45) is 17.1 Å². The first-order valence-corrected chi connectivity index (χ1v) is 6.46. The fraction of sp³-hybridized carbons (Fsp3) is 0.923. The highest BCUT2D eigenvalue weighted by Crippen LogP contribution is 2.24. The zero-order chi connectivity index (χ0) is 13.1. The maximum atomic E-state index is 12.1. The van der Waals surface area contributed by atoms with E-state index in [1.165, 1.54) is 0 Å². The Hall–Kier alpha value is -0.610. The third-order valence-electron chi connectivity index (χ3n) is 3.39. The Bertz CT molecular complexity index is 261. The molecule has 0 bridgehead atoms. The second kappa shape index (κ2) is 5.83. The van der Waals surface area contributed by atoms with Crippen molar-refractivity contribution in [1.82, 2.24) is 5.32 Å². The van der Waals surface area contributed by atoms with Crippen molar-refractivity contribution >= 4 is 5.91 Å². The summed E-state index contributed by atoms with van der Waals surface area (Å²) in [6.07, 6.45) is 1.84. The van der Waals surface area contributed by atoms with Crippen LogP contribution in [-0.2, 0) is 9.53 Å². The molecule has 4 heteroatoms. The predicted molar refractivity (Wildman–Crippen MR) is 68.6 cm³/mol. The van der Waals surface area contributed by atoms with Gasteiger partial charge in [0.2, 0.25) is 5.91 Å². The molecule has 17 heavy (non-hydrogen) atoms. The summed E-state index contributed by atoms with van der Waals surface area (Å²) >= 11 is 0. The molecule has 1 aliphatic heterocycles. The van der Waals surface area contributed by atoms with Crippen LogP contribution in [0.4, 0.5) is 0 Å². The van der Waals surface area contributed by atoms with Crippen molar-refractivity contribution in [3.63, 3.8) is 0 Å². The fourth-order valence-corrected chi connectivity index (χ4v) is 2.18. The minimum absolute atomic E-state index is 0.00706. The standard InChI is InChI=1S/C13H26N2O2/c1-9-7-10(8-17-9)12(16)15-11(5-6-14)13(2,3)4/h9-11H,5-8,14H2,1-4H3,(H,15,16). The van der Waals surface area contributed by atoms with Crippen molar-refractivity contribution in [3.05, 3.63) is 0 Å². The molecule has 0 aliphatic carbocycles. The molecule has 3 atom stereocenters. The van der Waals surface area contributed by atoms with E-state index in [0.29, 0.717) is 13.2 Å². The van der Waals surface area contributed by atoms with Crippen LogP contribution in [0.2, 0.25) is 0 Å². The number of nitrogens with two attached hydrogens (primary N) is 1. The third kappa shape index (κ3) is 4.28. The van der Waals surface area contributed by atoms with Gasteiger partial charge in [-0.1, -0.05) is 20.8 Å². The Labute approximate surface area is 104 Å². The van der Waals surface area contributed by atoms with E-state index >= 15 is 0 Å². The van der Waals surface area contributed by atoms with Gasteiger partial charge >= 0.3 is 0 Å². The molecule has 3 N–H and O–H groups in total. The van der Waals surface area contributed by atoms with Crippen LogP contribution in [0.3, 0.4) is 0 Å². The van der Waals surface area contributed by atoms with E-state index in [1.807, 2.05) is 6.92 Å². The first-order chi connectivity index (χ1) is 7.84. The lowest BCUT2D eigenvalue weighted by Crippen LogP contribution is -2.47. The van der Waals surface area contributed by atoms with E-state index in [4.69, 9.17) is 10.5 Å². The lowest BCUT2D eigenvalue weighted by molar-refractivity contribution is -0.126. The maximum Gasteiger partial charge on any atom is 0.225 e. The molecule has 1 aliphatic rings. The van der Waals surface area contributed by atoms with Crippen LogP contribution in [0, 0.1) is 11.3 Å². The van der Waals surface area contributed by atoms with Crippen molar-refractivity contribution in [2.45, 2.75) is 52.7 Å². The van der Waals surface area contributed by atoms with E-state index in [9.17, 15) is 4.79 Å². The Morgan fingerprint density at radius 3 is 2.59 bits per heavy atom. The summed E-state index contributed by atoms with van der Waals surface area (Å²) in [7, 11) is 0. The molecule has 0 aromatic carbocycles. The smallest absolute Gasteiger partial charge is 0.225 e. The molecule has 0 spiro atoms. The van der Waals surface area contributed by atoms with Crippen molar-refractivity contribution in [1.29, 1.82) is 0 Å². The molecule has 1 saturated heterocycles. The van der Waals surface area contributed by atoms with Crippen LogP contribution >= 0.6 is 0 Å². The van der Waals surface area contributed by atoms with Gasteiger partial charge in [-0.2, -0.15) is 0 Å². The van der Waals surface area contributed by atoms with Gasteiger partial charge in [-0.3, -0.25) is 4.79 Å². The monoisotopic (exact) mass is 242 g/mol. The van der Waals surface area contributed by atoms with E-state index in [0.717, 1.165) is 12.8 Å². The largest absolute Gasteiger partial charge is 0.378 e. The van der Waals surface area contributed by atoms with Crippen molar-refractivity contribution in [2.75, 3.05) is 13.2 Å². The van der Waals surface area contributed by atoms with Gasteiger partial charge in [0.25, 0.3) is 0 Å². The average molecular weight is 242 g/mol. The first-order valence-electron chi connectivity index (χ1n) is 6.46. The Morgan fingerprint density at radius 2 is 2.18 bits per heavy atom. The van der Waals surface area contributed by atoms with Crippen LogP contribution < -0.4 is 11.1 Å². The number of ether oxygens (including phenoxy) is 1. The molecule has 1 heterocycles. The molecular weight excluding hydrogens is 216 g/mol. The third-order valence-corrected chi connectivity index (χ3v) is 3.39. The van der Waals surface area contributed by atoms with Crippen LogP contribution in [0.5, 0.6) is 0 Å². The Balaban J connectivity index is 2.52. The van der Waals surface area contributed by atoms with Crippen LogP contribution in [0.1, 0.15) is 40.5 Å². The number of carbonyl (C=O) groups is 1. The second-order valence-corrected chi connectivity index (χ2v) is 6.08. The molecule has 100 valence electrons. The minimum atomic E-state index is 0.00706. The highest BCUT2D eigenvalue weighted by atomic mass is 16.5. The van der Waals surface area contributed by atoms with Gasteiger partial charge in [0.1, 0.15) is 0 Å². The summed E-state index contributed by atoms with van der Waals surface area (Å²) in [5.74, 6) is 0.121. The number of hydrogen-bond donors (Lipinski definition) is 2. The molecule has 0 radical (unpaired) electrons. The number of amides is 1. The Morgan fingerprint density at radius 1 is 1.53 bits per heavy atom. The van der Waals surface area contributed by atoms with Gasteiger partial charge in [-0.15, -0.1) is 0 Å². The van der Waals surface area contributed by atoms with Crippen LogP contribution in [0.25, 0.3) is 0 Å². The highest BCUT2D eigenvalue weighted by Gasteiger charge is 2.32. The number of rotatable bonds is 4. The van der Waals surface area contributed by atoms with Gasteiger partial charge in [0.15, 0.2) is 0 Å². The highest BCUT2D eigenvalue weighted by molar-refractivity contribution is 5.79. The van der Waals surface area contributed by atoms with Gasteiger partial charge < -0.3 is 15.8 Å². The molecule has 3 unspecified atom stereocenters. The topological polar surface area (TPSA) is 64.4 Å². The van der Waals surface area contributed by atoms with Crippen LogP contribution in [0.15, 0.2) is 0 Å². The van der Waals surface area contributed by atoms with Gasteiger partial charge in [-0.05, 0) is 31.7 Å². The minimum Gasteiger partial charge on any atom is -0.378 e. The van der Waals surface area contributed by atoms with Crippen LogP contribution in [-0.4, -0.2) is 31.2 Å². The van der Waals surface area contributed by atoms with Gasteiger partial charge in [0, 0.05) is 6.04 Å². The van der Waals surface area contributed by atoms with Crippen molar-refractivity contribution in [3.8, 4) is 0 Å². The summed E-state index contributed by atoms with van der Waals surface area (Å²) in [4.78, 5) is 12.1. The molecule has 4 nitrogen and oxygen atoms in total. The lowest BCUT2D eigenvalue weighted by Gasteiger charge is -2.32. The quantitative estimate of drug-likeness (QED) is 0.781. The maximum absolute atomic E-state index is 12.1. The molecule has 1 fully saturated rings. The summed E-state index contributed by atoms with van der Waals surface area (Å²) in [5, 5.41) is 3.12. The zero-order valence-corrected chi connectivity index (χ0v) is 11.5. The summed E-state index contributed by atoms with van der Waals surface area (Å²) in [6, 6.07) is 0.135. The molecule has 1 rings (SSSR count). The van der Waals surface area contributed by atoms with E-state index in [1.54, 1.807) is 0 Å². The molecule has 1 amide bonds. The van der Waals surface area contributed by atoms with Crippen molar-refractivity contribution < 1.29 is 9.53 Å². The predicted octanol–water partition coefficient (Wildman–Crippen LogP) is 1.29. The fourth-order valence-electron chi connectivity index (χ4n) is 2.18. The molecule has 0 aromatic heterocycles. The summed E-state index contributed by atoms with van der Waals surface area (Å²) in [5.41, 5.74) is 5.64. The van der Waals surface area contributed by atoms with Gasteiger partial charge in [0.05, 0.1) is 18.6 Å². The second-order valence-electron chi connectivity index (χ2n) is 6.08. The molecule has 0 saturated carbocycles. The van der Waals surface area contributed by atoms with E-state index in [-0.39, 0.29) is 29.4 Å². The first kappa shape index (κ1) is 14.5. The Kier molecular flexibility index (Phi) is 4.95. The van der Waals surface area contributed by atoms with Gasteiger partial charge in [-0.25, -0.2) is 0 Å². The SMILES string of the molecule is CC1CC(C(=O)NC(CCN)C(C)(C)C)CO1. The number of hydrogen-bond acceptors (Lipinski definition) is 3. The molecular formula is C13H26N2O2.